The number of halogens is 1. The third kappa shape index (κ3) is 4.56. The lowest BCUT2D eigenvalue weighted by Crippen LogP contribution is -2.42. The maximum absolute atomic E-state index is 13.2. The van der Waals surface area contributed by atoms with E-state index in [0.717, 1.165) is 50.1 Å². The summed E-state index contributed by atoms with van der Waals surface area (Å²) in [6.07, 6.45) is 5.77. The summed E-state index contributed by atoms with van der Waals surface area (Å²) in [6, 6.07) is 12.4. The Bertz CT molecular complexity index is 1030. The zero-order valence-corrected chi connectivity index (χ0v) is 18.8. The van der Waals surface area contributed by atoms with Crippen LogP contribution in [0, 0.1) is 0 Å². The van der Waals surface area contributed by atoms with Gasteiger partial charge in [0.2, 0.25) is 0 Å². The second-order valence-electron chi connectivity index (χ2n) is 8.29. The first kappa shape index (κ1) is 21.3. The topological polar surface area (TPSA) is 57.7 Å². The van der Waals surface area contributed by atoms with Crippen LogP contribution in [0.15, 0.2) is 47.4 Å². The number of hydrogen-bond donors (Lipinski definition) is 0. The molecule has 0 saturated carbocycles. The summed E-state index contributed by atoms with van der Waals surface area (Å²) in [5.74, 6) is 0.000622. The monoisotopic (exact) mass is 446 g/mol. The van der Waals surface area contributed by atoms with Gasteiger partial charge in [-0.15, -0.1) is 0 Å². The number of likely N-dealkylation sites (tertiary alicyclic amines) is 2. The van der Waals surface area contributed by atoms with Crippen LogP contribution in [0.1, 0.15) is 36.0 Å². The van der Waals surface area contributed by atoms with Crippen LogP contribution in [0.25, 0.3) is 11.1 Å². The molecule has 160 valence electrons. The molecule has 0 bridgehead atoms. The summed E-state index contributed by atoms with van der Waals surface area (Å²) < 4.78 is 23.3. The lowest BCUT2D eigenvalue weighted by molar-refractivity contribution is 0.0709. The Kier molecular flexibility index (Phi) is 6.19. The second kappa shape index (κ2) is 8.69. The fourth-order valence-electron chi connectivity index (χ4n) is 4.47. The van der Waals surface area contributed by atoms with E-state index in [4.69, 9.17) is 11.6 Å². The van der Waals surface area contributed by atoms with Crippen molar-refractivity contribution in [1.29, 1.82) is 0 Å². The lowest BCUT2D eigenvalue weighted by atomic mass is 10.0. The molecule has 2 fully saturated rings. The van der Waals surface area contributed by atoms with Crippen LogP contribution in [0.4, 0.5) is 0 Å². The van der Waals surface area contributed by atoms with Crippen molar-refractivity contribution in [2.45, 2.75) is 36.6 Å². The molecule has 0 spiro atoms. The number of nitrogens with zero attached hydrogens (tertiary/aromatic N) is 2. The molecule has 2 saturated heterocycles. The third-order valence-corrected chi connectivity index (χ3v) is 7.56. The van der Waals surface area contributed by atoms with E-state index in [0.29, 0.717) is 10.6 Å². The highest BCUT2D eigenvalue weighted by Gasteiger charge is 2.32. The minimum atomic E-state index is -3.23. The molecule has 1 unspecified atom stereocenters. The van der Waals surface area contributed by atoms with Crippen LogP contribution in [-0.4, -0.2) is 62.6 Å². The zero-order chi connectivity index (χ0) is 21.3. The average molecular weight is 447 g/mol. The predicted octanol–water partition coefficient (Wildman–Crippen LogP) is 4.11. The van der Waals surface area contributed by atoms with Gasteiger partial charge in [0, 0.05) is 25.4 Å². The third-order valence-electron chi connectivity index (χ3n) is 6.12. The van der Waals surface area contributed by atoms with Crippen LogP contribution >= 0.6 is 11.6 Å². The molecular formula is C23H27ClN2O3S. The smallest absolute Gasteiger partial charge is 0.255 e. The molecule has 7 heteroatoms. The van der Waals surface area contributed by atoms with E-state index < -0.39 is 9.84 Å². The molecule has 2 aromatic rings. The summed E-state index contributed by atoms with van der Waals surface area (Å²) in [5.41, 5.74) is 2.24. The number of carbonyl (C=O) groups excluding carboxylic acids is 1. The van der Waals surface area contributed by atoms with Crippen LogP contribution in [-0.2, 0) is 9.84 Å². The van der Waals surface area contributed by atoms with Gasteiger partial charge < -0.3 is 9.80 Å². The molecule has 2 aliphatic heterocycles. The van der Waals surface area contributed by atoms with Crippen molar-refractivity contribution in [3.63, 3.8) is 0 Å². The first-order chi connectivity index (χ1) is 14.3. The number of carbonyl (C=O) groups is 1. The van der Waals surface area contributed by atoms with Crippen LogP contribution in [0.3, 0.4) is 0 Å². The van der Waals surface area contributed by atoms with Crippen molar-refractivity contribution in [3.8, 4) is 11.1 Å². The Balaban J connectivity index is 1.51. The molecular weight excluding hydrogens is 420 g/mol. The highest BCUT2D eigenvalue weighted by atomic mass is 35.5. The van der Waals surface area contributed by atoms with Crippen molar-refractivity contribution >= 4 is 27.3 Å². The van der Waals surface area contributed by atoms with Gasteiger partial charge in [0.15, 0.2) is 9.84 Å². The number of amides is 1. The molecule has 0 aliphatic carbocycles. The van der Waals surface area contributed by atoms with Gasteiger partial charge in [-0.25, -0.2) is 8.42 Å². The van der Waals surface area contributed by atoms with Gasteiger partial charge in [-0.05, 0) is 74.2 Å². The van der Waals surface area contributed by atoms with E-state index >= 15 is 0 Å². The lowest BCUT2D eigenvalue weighted by Gasteiger charge is -2.29. The molecule has 1 amide bonds. The van der Waals surface area contributed by atoms with Gasteiger partial charge in [-0.1, -0.05) is 29.8 Å². The number of benzene rings is 2. The second-order valence-corrected chi connectivity index (χ2v) is 10.7. The van der Waals surface area contributed by atoms with Gasteiger partial charge in [-0.3, -0.25) is 4.79 Å². The number of hydrogen-bond acceptors (Lipinski definition) is 4. The van der Waals surface area contributed by atoms with Gasteiger partial charge in [0.25, 0.3) is 5.91 Å². The predicted molar refractivity (Wildman–Crippen MR) is 120 cm³/mol. The Labute approximate surface area is 183 Å². The summed E-state index contributed by atoms with van der Waals surface area (Å²) in [6.45, 7) is 3.99. The maximum atomic E-state index is 13.2. The largest absolute Gasteiger partial charge is 0.334 e. The molecule has 0 radical (unpaired) electrons. The minimum Gasteiger partial charge on any atom is -0.334 e. The molecule has 0 aromatic heterocycles. The first-order valence-electron chi connectivity index (χ1n) is 10.5. The number of sulfone groups is 1. The standard InChI is InChI=1S/C23H27ClN2O3S/c1-30(28,29)20-9-6-17(7-10-20)18-8-11-21(22(24)15-18)23(27)26-14-4-5-19(26)16-25-12-2-3-13-25/h6-11,15,19H,2-5,12-14,16H2,1H3. The van der Waals surface area contributed by atoms with Crippen LogP contribution in [0.5, 0.6) is 0 Å². The summed E-state index contributed by atoms with van der Waals surface area (Å²) in [5, 5.41) is 0.427. The normalized spacial score (nSPS) is 20.1. The number of rotatable bonds is 5. The van der Waals surface area contributed by atoms with Crippen molar-refractivity contribution in [2.75, 3.05) is 32.4 Å². The highest BCUT2D eigenvalue weighted by molar-refractivity contribution is 7.90. The molecule has 2 heterocycles. The van der Waals surface area contributed by atoms with Crippen molar-refractivity contribution < 1.29 is 13.2 Å². The van der Waals surface area contributed by atoms with Gasteiger partial charge >= 0.3 is 0 Å². The Morgan fingerprint density at radius 3 is 2.30 bits per heavy atom. The molecule has 2 aromatic carbocycles. The minimum absolute atomic E-state index is 0.000622. The SMILES string of the molecule is CS(=O)(=O)c1ccc(-c2ccc(C(=O)N3CCCC3CN3CCCC3)c(Cl)c2)cc1. The zero-order valence-electron chi connectivity index (χ0n) is 17.2. The fourth-order valence-corrected chi connectivity index (χ4v) is 5.37. The van der Waals surface area contributed by atoms with E-state index in [-0.39, 0.29) is 16.8 Å². The van der Waals surface area contributed by atoms with Crippen molar-refractivity contribution in [3.05, 3.63) is 53.1 Å². The Morgan fingerprint density at radius 1 is 1.00 bits per heavy atom. The van der Waals surface area contributed by atoms with Gasteiger partial charge in [0.1, 0.15) is 0 Å². The van der Waals surface area contributed by atoms with E-state index in [1.165, 1.54) is 19.1 Å². The summed E-state index contributed by atoms with van der Waals surface area (Å²) in [7, 11) is -3.23. The highest BCUT2D eigenvalue weighted by Crippen LogP contribution is 2.29. The molecule has 0 N–H and O–H groups in total. The van der Waals surface area contributed by atoms with Crippen LogP contribution in [0.2, 0.25) is 5.02 Å². The van der Waals surface area contributed by atoms with E-state index in [1.807, 2.05) is 11.0 Å². The molecule has 5 nitrogen and oxygen atoms in total. The maximum Gasteiger partial charge on any atom is 0.255 e. The van der Waals surface area contributed by atoms with Crippen molar-refractivity contribution in [2.24, 2.45) is 0 Å². The molecule has 30 heavy (non-hydrogen) atoms. The fraction of sp³-hybridized carbons (Fsp3) is 0.435. The van der Waals surface area contributed by atoms with Crippen LogP contribution < -0.4 is 0 Å². The van der Waals surface area contributed by atoms with E-state index in [1.54, 1.807) is 36.4 Å². The first-order valence-corrected chi connectivity index (χ1v) is 12.7. The Morgan fingerprint density at radius 2 is 1.67 bits per heavy atom. The molecule has 2 aliphatic rings. The summed E-state index contributed by atoms with van der Waals surface area (Å²) >= 11 is 6.52. The summed E-state index contributed by atoms with van der Waals surface area (Å²) in [4.78, 5) is 17.9. The Hall–Kier alpha value is -1.89. The van der Waals surface area contributed by atoms with Gasteiger partial charge in [0.05, 0.1) is 15.5 Å². The van der Waals surface area contributed by atoms with Gasteiger partial charge in [-0.2, -0.15) is 0 Å². The van der Waals surface area contributed by atoms with Crippen molar-refractivity contribution in [1.82, 2.24) is 9.80 Å². The molecule has 4 rings (SSSR count). The quantitative estimate of drug-likeness (QED) is 0.693. The van der Waals surface area contributed by atoms with E-state index in [2.05, 4.69) is 4.90 Å². The average Bonchev–Trinajstić information content (AvgIpc) is 3.39. The molecule has 1 atom stereocenters. The van der Waals surface area contributed by atoms with E-state index in [9.17, 15) is 13.2 Å².